The smallest absolute Gasteiger partial charge is 0.232 e. The van der Waals surface area contributed by atoms with Crippen molar-refractivity contribution in [1.29, 1.82) is 0 Å². The molecule has 6 heteroatoms. The highest BCUT2D eigenvalue weighted by Gasteiger charge is 2.31. The zero-order chi connectivity index (χ0) is 14.1. The molecule has 1 aliphatic carbocycles. The van der Waals surface area contributed by atoms with Gasteiger partial charge in [0.2, 0.25) is 5.89 Å². The summed E-state index contributed by atoms with van der Waals surface area (Å²) >= 11 is 5.74. The topological polar surface area (TPSA) is 59.2 Å². The van der Waals surface area contributed by atoms with E-state index in [0.29, 0.717) is 17.3 Å². The van der Waals surface area contributed by atoms with Gasteiger partial charge >= 0.3 is 0 Å². The average Bonchev–Trinajstić information content (AvgIpc) is 3.04. The summed E-state index contributed by atoms with van der Waals surface area (Å²) in [6.45, 7) is 0. The second-order valence-electron chi connectivity index (χ2n) is 5.04. The maximum Gasteiger partial charge on any atom is 0.232 e. The molecule has 2 unspecified atom stereocenters. The molecule has 1 aliphatic rings. The molecule has 2 aromatic rings. The lowest BCUT2D eigenvalue weighted by Crippen LogP contribution is -2.11. The summed E-state index contributed by atoms with van der Waals surface area (Å²) in [5, 5.41) is 13.8. The lowest BCUT2D eigenvalue weighted by molar-refractivity contribution is 0.148. The van der Waals surface area contributed by atoms with Crippen LogP contribution < -0.4 is 0 Å². The minimum absolute atomic E-state index is 0.0810. The Kier molecular flexibility index (Phi) is 3.72. The number of hydrogen-bond donors (Lipinski definition) is 1. The molecule has 1 N–H and O–H groups in total. The summed E-state index contributed by atoms with van der Waals surface area (Å²) in [5.41, 5.74) is 0.428. The largest absolute Gasteiger partial charge is 0.392 e. The number of aliphatic hydroxyl groups excluding tert-OH is 1. The molecule has 20 heavy (non-hydrogen) atoms. The van der Waals surface area contributed by atoms with Gasteiger partial charge in [-0.15, -0.1) is 0 Å². The van der Waals surface area contributed by atoms with E-state index in [1.807, 2.05) is 0 Å². The third-order valence-corrected chi connectivity index (χ3v) is 3.95. The SMILES string of the molecule is OC1CCCC1c1nc(Cc2cccc(Cl)c2F)no1. The fourth-order valence-electron chi connectivity index (χ4n) is 2.57. The first kappa shape index (κ1) is 13.5. The van der Waals surface area contributed by atoms with Gasteiger partial charge in [0.1, 0.15) is 5.82 Å². The van der Waals surface area contributed by atoms with Gasteiger partial charge in [-0.2, -0.15) is 4.98 Å². The van der Waals surface area contributed by atoms with Crippen LogP contribution in [0.1, 0.15) is 42.5 Å². The van der Waals surface area contributed by atoms with Gasteiger partial charge in [0.15, 0.2) is 5.82 Å². The molecule has 106 valence electrons. The molecule has 0 saturated heterocycles. The summed E-state index contributed by atoms with van der Waals surface area (Å²) < 4.78 is 19.0. The Hall–Kier alpha value is -1.46. The number of hydrogen-bond acceptors (Lipinski definition) is 4. The predicted molar refractivity (Wildman–Crippen MR) is 71.1 cm³/mol. The maximum absolute atomic E-state index is 13.8. The second kappa shape index (κ2) is 5.50. The van der Waals surface area contributed by atoms with Crippen LogP contribution in [0.4, 0.5) is 4.39 Å². The van der Waals surface area contributed by atoms with Crippen LogP contribution in [-0.4, -0.2) is 21.4 Å². The molecule has 1 fully saturated rings. The highest BCUT2D eigenvalue weighted by Crippen LogP contribution is 2.33. The quantitative estimate of drug-likeness (QED) is 0.945. The number of nitrogens with zero attached hydrogens (tertiary/aromatic N) is 2. The summed E-state index contributed by atoms with van der Waals surface area (Å²) in [4.78, 5) is 4.26. The zero-order valence-electron chi connectivity index (χ0n) is 10.7. The van der Waals surface area contributed by atoms with Crippen molar-refractivity contribution in [3.05, 3.63) is 46.3 Å². The Morgan fingerprint density at radius 3 is 3.00 bits per heavy atom. The van der Waals surface area contributed by atoms with E-state index in [4.69, 9.17) is 16.1 Å². The number of benzene rings is 1. The molecule has 0 aliphatic heterocycles. The van der Waals surface area contributed by atoms with Gasteiger partial charge in [-0.25, -0.2) is 4.39 Å². The van der Waals surface area contributed by atoms with E-state index in [1.54, 1.807) is 12.1 Å². The fraction of sp³-hybridized carbons (Fsp3) is 0.429. The molecule has 0 spiro atoms. The van der Waals surface area contributed by atoms with E-state index in [1.165, 1.54) is 6.07 Å². The fourth-order valence-corrected chi connectivity index (χ4v) is 2.77. The highest BCUT2D eigenvalue weighted by molar-refractivity contribution is 6.30. The van der Waals surface area contributed by atoms with Gasteiger partial charge < -0.3 is 9.63 Å². The van der Waals surface area contributed by atoms with Crippen molar-refractivity contribution < 1.29 is 14.0 Å². The predicted octanol–water partition coefficient (Wildman–Crippen LogP) is 3.08. The third kappa shape index (κ3) is 2.55. The van der Waals surface area contributed by atoms with Crippen LogP contribution in [0.5, 0.6) is 0 Å². The van der Waals surface area contributed by atoms with E-state index in [2.05, 4.69) is 10.1 Å². The average molecular weight is 297 g/mol. The van der Waals surface area contributed by atoms with Crippen LogP contribution in [0.2, 0.25) is 5.02 Å². The van der Waals surface area contributed by atoms with Crippen LogP contribution in [0.25, 0.3) is 0 Å². The number of aromatic nitrogens is 2. The van der Waals surface area contributed by atoms with Gasteiger partial charge in [0, 0.05) is 6.42 Å². The van der Waals surface area contributed by atoms with Gasteiger partial charge in [-0.3, -0.25) is 0 Å². The molecule has 3 rings (SSSR count). The molecule has 2 atom stereocenters. The lowest BCUT2D eigenvalue weighted by atomic mass is 10.1. The van der Waals surface area contributed by atoms with Gasteiger partial charge in [0.05, 0.1) is 17.0 Å². The van der Waals surface area contributed by atoms with Crippen molar-refractivity contribution in [2.45, 2.75) is 37.7 Å². The summed E-state index contributed by atoms with van der Waals surface area (Å²) in [7, 11) is 0. The summed E-state index contributed by atoms with van der Waals surface area (Å²) in [5.74, 6) is 0.287. The first-order valence-corrected chi connectivity index (χ1v) is 6.96. The van der Waals surface area contributed by atoms with Gasteiger partial charge in [-0.05, 0) is 30.9 Å². The van der Waals surface area contributed by atoms with Gasteiger partial charge in [-0.1, -0.05) is 28.9 Å². The van der Waals surface area contributed by atoms with Crippen LogP contribution in [0, 0.1) is 5.82 Å². The first-order valence-electron chi connectivity index (χ1n) is 6.58. The van der Waals surface area contributed by atoms with Gasteiger partial charge in [0.25, 0.3) is 0 Å². The zero-order valence-corrected chi connectivity index (χ0v) is 11.5. The minimum atomic E-state index is -0.457. The molecule has 0 radical (unpaired) electrons. The molecule has 0 bridgehead atoms. The molecular formula is C14H14ClFN2O2. The van der Waals surface area contributed by atoms with Crippen LogP contribution in [0.3, 0.4) is 0 Å². The van der Waals surface area contributed by atoms with E-state index in [0.717, 1.165) is 19.3 Å². The van der Waals surface area contributed by atoms with Crippen molar-refractivity contribution >= 4 is 11.6 Å². The van der Waals surface area contributed by atoms with Crippen molar-refractivity contribution in [3.8, 4) is 0 Å². The highest BCUT2D eigenvalue weighted by atomic mass is 35.5. The molecule has 1 aromatic heterocycles. The molecule has 0 amide bonds. The lowest BCUT2D eigenvalue weighted by Gasteiger charge is -2.07. The molecule has 1 aromatic carbocycles. The normalized spacial score (nSPS) is 22.4. The Bertz CT molecular complexity index is 617. The van der Waals surface area contributed by atoms with Crippen molar-refractivity contribution in [1.82, 2.24) is 10.1 Å². The number of rotatable bonds is 3. The molecule has 1 saturated carbocycles. The molecule has 4 nitrogen and oxygen atoms in total. The molecular weight excluding hydrogens is 283 g/mol. The van der Waals surface area contributed by atoms with Crippen molar-refractivity contribution in [2.75, 3.05) is 0 Å². The van der Waals surface area contributed by atoms with Crippen molar-refractivity contribution in [3.63, 3.8) is 0 Å². The van der Waals surface area contributed by atoms with E-state index in [9.17, 15) is 9.50 Å². The summed E-state index contributed by atoms with van der Waals surface area (Å²) in [6, 6.07) is 4.82. The van der Waals surface area contributed by atoms with Crippen LogP contribution in [0.15, 0.2) is 22.7 Å². The molecule has 1 heterocycles. The van der Waals surface area contributed by atoms with Crippen molar-refractivity contribution in [2.24, 2.45) is 0 Å². The standard InChI is InChI=1S/C14H14ClFN2O2/c15-10-5-1-3-8(13(10)16)7-12-17-14(20-18-12)9-4-2-6-11(9)19/h1,3,5,9,11,19H,2,4,6-7H2. The van der Waals surface area contributed by atoms with E-state index >= 15 is 0 Å². The maximum atomic E-state index is 13.8. The number of aliphatic hydroxyl groups is 1. The monoisotopic (exact) mass is 296 g/mol. The van der Waals surface area contributed by atoms with E-state index in [-0.39, 0.29) is 17.4 Å². The Morgan fingerprint density at radius 2 is 2.25 bits per heavy atom. The summed E-state index contributed by atoms with van der Waals surface area (Å²) in [6.07, 6.45) is 2.34. The van der Waals surface area contributed by atoms with Crippen LogP contribution >= 0.6 is 11.6 Å². The Labute approximate surface area is 120 Å². The number of halogens is 2. The van der Waals surface area contributed by atoms with Crippen LogP contribution in [-0.2, 0) is 6.42 Å². The Balaban J connectivity index is 1.79. The minimum Gasteiger partial charge on any atom is -0.392 e. The third-order valence-electron chi connectivity index (χ3n) is 3.66. The first-order chi connectivity index (χ1) is 9.65. The second-order valence-corrected chi connectivity index (χ2v) is 5.45. The Morgan fingerprint density at radius 1 is 1.40 bits per heavy atom. The van der Waals surface area contributed by atoms with E-state index < -0.39 is 11.9 Å².